The van der Waals surface area contributed by atoms with Crippen LogP contribution in [0.4, 0.5) is 11.6 Å². The Morgan fingerprint density at radius 2 is 1.95 bits per heavy atom. The van der Waals surface area contributed by atoms with E-state index in [0.717, 1.165) is 42.7 Å². The van der Waals surface area contributed by atoms with Crippen molar-refractivity contribution < 1.29 is 4.74 Å². The topological polar surface area (TPSA) is 59.1 Å². The molecule has 1 aromatic heterocycles. The summed E-state index contributed by atoms with van der Waals surface area (Å²) < 4.78 is 5.48. The maximum absolute atomic E-state index is 5.48. The number of ether oxygens (including phenoxy) is 1. The highest BCUT2D eigenvalue weighted by Crippen LogP contribution is 2.28. The van der Waals surface area contributed by atoms with Crippen molar-refractivity contribution in [2.24, 2.45) is 0 Å². The molecule has 2 N–H and O–H groups in total. The number of hydrogen-bond donors (Lipinski definition) is 2. The normalized spacial score (nSPS) is 22.8. The first-order valence-corrected chi connectivity index (χ1v) is 6.87. The smallest absolute Gasteiger partial charge is 0.135 e. The molecule has 1 saturated heterocycles. The summed E-state index contributed by atoms with van der Waals surface area (Å²) in [7, 11) is 1.89. The molecule has 0 radical (unpaired) electrons. The molecule has 1 aliphatic heterocycles. The lowest BCUT2D eigenvalue weighted by Crippen LogP contribution is -2.36. The monoisotopic (exact) mass is 264 g/mol. The predicted molar refractivity (Wildman–Crippen MR) is 77.9 cm³/mol. The molecule has 0 aliphatic carbocycles. The Balaban J connectivity index is 2.35. The van der Waals surface area contributed by atoms with Gasteiger partial charge >= 0.3 is 0 Å². The number of aromatic nitrogens is 2. The predicted octanol–water partition coefficient (Wildman–Crippen LogP) is 2.54. The first-order valence-electron chi connectivity index (χ1n) is 6.87. The zero-order chi connectivity index (χ0) is 14.0. The molecular weight excluding hydrogens is 240 g/mol. The van der Waals surface area contributed by atoms with Gasteiger partial charge in [0.2, 0.25) is 0 Å². The molecule has 106 valence electrons. The van der Waals surface area contributed by atoms with Crippen LogP contribution in [0.25, 0.3) is 0 Å². The Hall–Kier alpha value is -1.36. The Morgan fingerprint density at radius 3 is 2.47 bits per heavy atom. The van der Waals surface area contributed by atoms with Crippen molar-refractivity contribution >= 4 is 11.6 Å². The molecule has 1 unspecified atom stereocenters. The highest BCUT2D eigenvalue weighted by molar-refractivity contribution is 5.58. The Bertz CT molecular complexity index is 453. The van der Waals surface area contributed by atoms with Gasteiger partial charge in [0, 0.05) is 25.1 Å². The van der Waals surface area contributed by atoms with E-state index in [4.69, 9.17) is 4.74 Å². The van der Waals surface area contributed by atoms with E-state index >= 15 is 0 Å². The fraction of sp³-hybridized carbons (Fsp3) is 0.714. The maximum atomic E-state index is 5.48. The first-order chi connectivity index (χ1) is 8.95. The van der Waals surface area contributed by atoms with E-state index in [0.29, 0.717) is 5.92 Å². The van der Waals surface area contributed by atoms with Gasteiger partial charge in [-0.25, -0.2) is 9.97 Å². The van der Waals surface area contributed by atoms with Crippen molar-refractivity contribution in [1.82, 2.24) is 9.97 Å². The largest absolute Gasteiger partial charge is 0.379 e. The van der Waals surface area contributed by atoms with Gasteiger partial charge in [0.05, 0.1) is 12.1 Å². The van der Waals surface area contributed by atoms with E-state index in [2.05, 4.69) is 41.4 Å². The zero-order valence-corrected chi connectivity index (χ0v) is 12.5. The molecular formula is C14H24N4O. The standard InChI is InChI=1S/C14H24N4O/c1-9(2)11-16-12(15-5)10(3)13(17-11)18-14(4)6-7-19-8-14/h9H,6-8H2,1-5H3,(H2,15,16,17,18). The lowest BCUT2D eigenvalue weighted by Gasteiger charge is -2.26. The number of nitrogens with one attached hydrogen (secondary N) is 2. The minimum atomic E-state index is -0.0294. The molecule has 0 spiro atoms. The Kier molecular flexibility index (Phi) is 3.94. The molecule has 19 heavy (non-hydrogen) atoms. The molecule has 1 aliphatic rings. The van der Waals surface area contributed by atoms with Crippen molar-refractivity contribution in [3.63, 3.8) is 0 Å². The molecule has 5 heteroatoms. The van der Waals surface area contributed by atoms with Gasteiger partial charge in [0.25, 0.3) is 0 Å². The number of rotatable bonds is 4. The zero-order valence-electron chi connectivity index (χ0n) is 12.5. The maximum Gasteiger partial charge on any atom is 0.135 e. The third-order valence-corrected chi connectivity index (χ3v) is 3.56. The SMILES string of the molecule is CNc1nc(C(C)C)nc(NC2(C)CCOC2)c1C. The summed E-state index contributed by atoms with van der Waals surface area (Å²) >= 11 is 0. The van der Waals surface area contributed by atoms with E-state index in [1.165, 1.54) is 0 Å². The van der Waals surface area contributed by atoms with Gasteiger partial charge in [-0.2, -0.15) is 0 Å². The minimum absolute atomic E-state index is 0.0294. The van der Waals surface area contributed by atoms with Crippen LogP contribution in [0.15, 0.2) is 0 Å². The summed E-state index contributed by atoms with van der Waals surface area (Å²) in [4.78, 5) is 9.23. The number of nitrogens with zero attached hydrogens (tertiary/aromatic N) is 2. The van der Waals surface area contributed by atoms with Crippen LogP contribution in [-0.2, 0) is 4.74 Å². The molecule has 5 nitrogen and oxygen atoms in total. The summed E-state index contributed by atoms with van der Waals surface area (Å²) in [6.07, 6.45) is 1.00. The average Bonchev–Trinajstić information content (AvgIpc) is 2.78. The van der Waals surface area contributed by atoms with Gasteiger partial charge in [-0.05, 0) is 20.3 Å². The van der Waals surface area contributed by atoms with E-state index in [1.54, 1.807) is 0 Å². The second-order valence-electron chi connectivity index (χ2n) is 5.80. The fourth-order valence-corrected chi connectivity index (χ4v) is 2.21. The van der Waals surface area contributed by atoms with Crippen molar-refractivity contribution in [2.45, 2.75) is 45.6 Å². The van der Waals surface area contributed by atoms with Crippen LogP contribution in [0, 0.1) is 6.92 Å². The first kappa shape index (κ1) is 14.1. The van der Waals surface area contributed by atoms with E-state index in [9.17, 15) is 0 Å². The summed E-state index contributed by atoms with van der Waals surface area (Å²) in [6.45, 7) is 9.96. The van der Waals surface area contributed by atoms with Crippen molar-refractivity contribution in [1.29, 1.82) is 0 Å². The second-order valence-corrected chi connectivity index (χ2v) is 5.80. The highest BCUT2D eigenvalue weighted by atomic mass is 16.5. The fourth-order valence-electron chi connectivity index (χ4n) is 2.21. The van der Waals surface area contributed by atoms with Gasteiger partial charge in [-0.3, -0.25) is 0 Å². The molecule has 0 amide bonds. The van der Waals surface area contributed by atoms with Crippen molar-refractivity contribution in [3.05, 3.63) is 11.4 Å². The summed E-state index contributed by atoms with van der Waals surface area (Å²) in [5, 5.41) is 6.69. The van der Waals surface area contributed by atoms with E-state index in [1.807, 2.05) is 14.0 Å². The van der Waals surface area contributed by atoms with Crippen LogP contribution in [0.1, 0.15) is 44.5 Å². The van der Waals surface area contributed by atoms with Crippen LogP contribution in [-0.4, -0.2) is 35.8 Å². The third kappa shape index (κ3) is 2.97. The molecule has 2 rings (SSSR count). The molecule has 2 heterocycles. The lowest BCUT2D eigenvalue weighted by molar-refractivity contribution is 0.185. The molecule has 1 atom stereocenters. The lowest BCUT2D eigenvalue weighted by atomic mass is 10.0. The Labute approximate surface area is 115 Å². The van der Waals surface area contributed by atoms with Crippen molar-refractivity contribution in [2.75, 3.05) is 30.9 Å². The van der Waals surface area contributed by atoms with Crippen molar-refractivity contribution in [3.8, 4) is 0 Å². The Morgan fingerprint density at radius 1 is 1.26 bits per heavy atom. The third-order valence-electron chi connectivity index (χ3n) is 3.56. The van der Waals surface area contributed by atoms with Gasteiger partial charge in [0.15, 0.2) is 0 Å². The van der Waals surface area contributed by atoms with Gasteiger partial charge in [-0.15, -0.1) is 0 Å². The van der Waals surface area contributed by atoms with Gasteiger partial charge in [-0.1, -0.05) is 13.8 Å². The van der Waals surface area contributed by atoms with Crippen LogP contribution in [0.2, 0.25) is 0 Å². The summed E-state index contributed by atoms with van der Waals surface area (Å²) in [6, 6.07) is 0. The van der Waals surface area contributed by atoms with Gasteiger partial charge < -0.3 is 15.4 Å². The van der Waals surface area contributed by atoms with Crippen LogP contribution < -0.4 is 10.6 Å². The quantitative estimate of drug-likeness (QED) is 0.875. The number of hydrogen-bond acceptors (Lipinski definition) is 5. The minimum Gasteiger partial charge on any atom is -0.379 e. The average molecular weight is 264 g/mol. The highest BCUT2D eigenvalue weighted by Gasteiger charge is 2.30. The molecule has 1 fully saturated rings. The van der Waals surface area contributed by atoms with E-state index < -0.39 is 0 Å². The molecule has 0 bridgehead atoms. The van der Waals surface area contributed by atoms with Crippen LogP contribution >= 0.6 is 0 Å². The van der Waals surface area contributed by atoms with Crippen LogP contribution in [0.3, 0.4) is 0 Å². The van der Waals surface area contributed by atoms with E-state index in [-0.39, 0.29) is 5.54 Å². The second kappa shape index (κ2) is 5.33. The summed E-state index contributed by atoms with van der Waals surface area (Å²) in [5.74, 6) is 2.97. The van der Waals surface area contributed by atoms with Gasteiger partial charge in [0.1, 0.15) is 17.5 Å². The number of anilines is 2. The van der Waals surface area contributed by atoms with Crippen LogP contribution in [0.5, 0.6) is 0 Å². The summed E-state index contributed by atoms with van der Waals surface area (Å²) in [5.41, 5.74) is 1.03. The molecule has 0 aromatic carbocycles. The molecule has 1 aromatic rings. The molecule has 0 saturated carbocycles.